The van der Waals surface area contributed by atoms with E-state index < -0.39 is 0 Å². The number of carbonyl (C=O) groups excluding carboxylic acids is 1. The van der Waals surface area contributed by atoms with Gasteiger partial charge in [0.25, 0.3) is 5.91 Å². The molecule has 0 fully saturated rings. The zero-order valence-corrected chi connectivity index (χ0v) is 18.6. The molecule has 0 aliphatic carbocycles. The van der Waals surface area contributed by atoms with E-state index in [-0.39, 0.29) is 5.91 Å². The second-order valence-corrected chi connectivity index (χ2v) is 8.49. The van der Waals surface area contributed by atoms with Gasteiger partial charge in [-0.05, 0) is 67.6 Å². The van der Waals surface area contributed by atoms with Gasteiger partial charge >= 0.3 is 0 Å². The van der Waals surface area contributed by atoms with Gasteiger partial charge in [0.05, 0.1) is 11.9 Å². The first-order valence-electron chi connectivity index (χ1n) is 10.8. The lowest BCUT2D eigenvalue weighted by Crippen LogP contribution is -2.25. The Hall–Kier alpha value is -3.41. The Morgan fingerprint density at radius 1 is 1.10 bits per heavy atom. The zero-order chi connectivity index (χ0) is 22.0. The number of aromatic nitrogens is 4. The van der Waals surface area contributed by atoms with Crippen molar-refractivity contribution in [2.75, 3.05) is 6.54 Å². The van der Waals surface area contributed by atoms with E-state index in [0.29, 0.717) is 24.6 Å². The molecule has 1 N–H and O–H groups in total. The molecule has 0 unspecified atom stereocenters. The third kappa shape index (κ3) is 4.53. The lowest BCUT2D eigenvalue weighted by atomic mass is 10.1. The summed E-state index contributed by atoms with van der Waals surface area (Å²) in [5.74, 6) is 1.43. The van der Waals surface area contributed by atoms with Crippen LogP contribution < -0.4 is 5.32 Å². The number of carbonyl (C=O) groups is 1. The number of fused-ring (bicyclic) bond motifs is 1. The highest BCUT2D eigenvalue weighted by Gasteiger charge is 2.16. The quantitative estimate of drug-likeness (QED) is 0.477. The van der Waals surface area contributed by atoms with Gasteiger partial charge in [0, 0.05) is 30.2 Å². The van der Waals surface area contributed by atoms with Crippen LogP contribution in [0.3, 0.4) is 0 Å². The van der Waals surface area contributed by atoms with E-state index in [1.54, 1.807) is 0 Å². The van der Waals surface area contributed by atoms with Crippen molar-refractivity contribution < 1.29 is 4.79 Å². The van der Waals surface area contributed by atoms with Crippen LogP contribution in [0.5, 0.6) is 0 Å². The van der Waals surface area contributed by atoms with Crippen LogP contribution in [0.1, 0.15) is 47.4 Å². The molecular formula is C25H29N5O. The standard InChI is InChI=1S/C25H29N5O/c1-17(2)11-12-26-25(31)21-9-7-20(8-10-21)16-30-23-22(18(3)15-19(4)27-23)24(28-30)29-13-5-6-14-29/h5-10,13-15,17H,11-12,16H2,1-4H3,(H,26,31). The predicted molar refractivity (Wildman–Crippen MR) is 124 cm³/mol. The molecule has 6 heteroatoms. The van der Waals surface area contributed by atoms with Crippen molar-refractivity contribution in [3.8, 4) is 5.82 Å². The molecule has 1 amide bonds. The van der Waals surface area contributed by atoms with Crippen LogP contribution in [0.2, 0.25) is 0 Å². The monoisotopic (exact) mass is 415 g/mol. The van der Waals surface area contributed by atoms with E-state index in [0.717, 1.165) is 40.1 Å². The van der Waals surface area contributed by atoms with Crippen LogP contribution in [0.25, 0.3) is 16.9 Å². The topological polar surface area (TPSA) is 64.7 Å². The van der Waals surface area contributed by atoms with Crippen molar-refractivity contribution in [1.29, 1.82) is 0 Å². The number of pyridine rings is 1. The van der Waals surface area contributed by atoms with Crippen molar-refractivity contribution in [1.82, 2.24) is 24.6 Å². The normalized spacial score (nSPS) is 11.4. The maximum Gasteiger partial charge on any atom is 0.251 e. The Bertz CT molecular complexity index is 1190. The molecular weight excluding hydrogens is 386 g/mol. The number of hydrogen-bond acceptors (Lipinski definition) is 3. The highest BCUT2D eigenvalue weighted by atomic mass is 16.1. The Morgan fingerprint density at radius 3 is 2.48 bits per heavy atom. The predicted octanol–water partition coefficient (Wildman–Crippen LogP) is 4.66. The number of nitrogens with one attached hydrogen (secondary N) is 1. The molecule has 4 rings (SSSR count). The highest BCUT2D eigenvalue weighted by Crippen LogP contribution is 2.25. The van der Waals surface area contributed by atoms with E-state index in [1.807, 2.05) is 65.0 Å². The average Bonchev–Trinajstić information content (AvgIpc) is 3.37. The van der Waals surface area contributed by atoms with Gasteiger partial charge in [-0.25, -0.2) is 9.67 Å². The van der Waals surface area contributed by atoms with Gasteiger partial charge in [-0.15, -0.1) is 0 Å². The molecule has 0 saturated heterocycles. The molecule has 0 saturated carbocycles. The second kappa shape index (κ2) is 8.76. The zero-order valence-electron chi connectivity index (χ0n) is 18.6. The van der Waals surface area contributed by atoms with Crippen LogP contribution in [-0.2, 0) is 6.54 Å². The first-order chi connectivity index (χ1) is 14.9. The lowest BCUT2D eigenvalue weighted by molar-refractivity contribution is 0.0952. The summed E-state index contributed by atoms with van der Waals surface area (Å²) in [4.78, 5) is 17.1. The molecule has 0 aliphatic heterocycles. The van der Waals surface area contributed by atoms with Gasteiger partial charge in [-0.3, -0.25) is 4.79 Å². The van der Waals surface area contributed by atoms with Gasteiger partial charge < -0.3 is 9.88 Å². The van der Waals surface area contributed by atoms with Crippen molar-refractivity contribution in [3.05, 3.63) is 77.2 Å². The fourth-order valence-corrected chi connectivity index (χ4v) is 3.77. The molecule has 4 aromatic rings. The van der Waals surface area contributed by atoms with E-state index in [4.69, 9.17) is 10.1 Å². The summed E-state index contributed by atoms with van der Waals surface area (Å²) in [5.41, 5.74) is 4.75. The van der Waals surface area contributed by atoms with Gasteiger partial charge in [0.1, 0.15) is 0 Å². The molecule has 0 atom stereocenters. The fraction of sp³-hybridized carbons (Fsp3) is 0.320. The SMILES string of the molecule is Cc1cc(C)c2c(-n3cccc3)nn(Cc3ccc(C(=O)NCCC(C)C)cc3)c2n1. The van der Waals surface area contributed by atoms with E-state index in [9.17, 15) is 4.79 Å². The van der Waals surface area contributed by atoms with Gasteiger partial charge in [0.15, 0.2) is 11.5 Å². The molecule has 0 spiro atoms. The molecule has 0 radical (unpaired) electrons. The Kier molecular flexibility index (Phi) is 5.89. The van der Waals surface area contributed by atoms with Crippen LogP contribution in [0.4, 0.5) is 0 Å². The minimum Gasteiger partial charge on any atom is -0.352 e. The van der Waals surface area contributed by atoms with Crippen LogP contribution in [0.15, 0.2) is 54.9 Å². The molecule has 160 valence electrons. The lowest BCUT2D eigenvalue weighted by Gasteiger charge is -2.08. The number of benzene rings is 1. The Labute approximate surface area is 182 Å². The van der Waals surface area contributed by atoms with E-state index in [1.165, 1.54) is 0 Å². The largest absolute Gasteiger partial charge is 0.352 e. The fourth-order valence-electron chi connectivity index (χ4n) is 3.77. The second-order valence-electron chi connectivity index (χ2n) is 8.49. The molecule has 6 nitrogen and oxygen atoms in total. The Morgan fingerprint density at radius 2 is 1.81 bits per heavy atom. The molecule has 0 bridgehead atoms. The smallest absolute Gasteiger partial charge is 0.251 e. The number of hydrogen-bond donors (Lipinski definition) is 1. The van der Waals surface area contributed by atoms with E-state index in [2.05, 4.69) is 32.2 Å². The van der Waals surface area contributed by atoms with Crippen LogP contribution in [-0.4, -0.2) is 31.8 Å². The summed E-state index contributed by atoms with van der Waals surface area (Å²) in [7, 11) is 0. The van der Waals surface area contributed by atoms with Gasteiger partial charge in [-0.2, -0.15) is 5.10 Å². The molecule has 3 aromatic heterocycles. The summed E-state index contributed by atoms with van der Waals surface area (Å²) in [6.07, 6.45) is 4.97. The number of amides is 1. The van der Waals surface area contributed by atoms with Crippen molar-refractivity contribution >= 4 is 16.9 Å². The first-order valence-corrected chi connectivity index (χ1v) is 10.8. The minimum absolute atomic E-state index is 0.0282. The van der Waals surface area contributed by atoms with Gasteiger partial charge in [-0.1, -0.05) is 26.0 Å². The number of nitrogens with zero attached hydrogens (tertiary/aromatic N) is 4. The molecule has 31 heavy (non-hydrogen) atoms. The molecule has 0 aliphatic rings. The summed E-state index contributed by atoms with van der Waals surface area (Å²) in [6, 6.07) is 13.8. The molecule has 1 aromatic carbocycles. The van der Waals surface area contributed by atoms with Crippen molar-refractivity contribution in [2.24, 2.45) is 5.92 Å². The summed E-state index contributed by atoms with van der Waals surface area (Å²) < 4.78 is 3.97. The minimum atomic E-state index is -0.0282. The van der Waals surface area contributed by atoms with Crippen molar-refractivity contribution in [2.45, 2.75) is 40.7 Å². The van der Waals surface area contributed by atoms with Gasteiger partial charge in [0.2, 0.25) is 0 Å². The summed E-state index contributed by atoms with van der Waals surface area (Å²) in [5, 5.41) is 8.93. The Balaban J connectivity index is 1.60. The third-order valence-corrected chi connectivity index (χ3v) is 5.41. The third-order valence-electron chi connectivity index (χ3n) is 5.41. The molecule has 3 heterocycles. The van der Waals surface area contributed by atoms with E-state index >= 15 is 0 Å². The number of aryl methyl sites for hydroxylation is 2. The maximum absolute atomic E-state index is 12.3. The first kappa shape index (κ1) is 20.8. The van der Waals surface area contributed by atoms with Crippen LogP contribution in [0, 0.1) is 19.8 Å². The number of rotatable bonds is 7. The maximum atomic E-state index is 12.3. The highest BCUT2D eigenvalue weighted by molar-refractivity contribution is 5.94. The van der Waals surface area contributed by atoms with Crippen molar-refractivity contribution in [3.63, 3.8) is 0 Å². The van der Waals surface area contributed by atoms with Crippen LogP contribution >= 0.6 is 0 Å². The summed E-state index contributed by atoms with van der Waals surface area (Å²) >= 11 is 0. The average molecular weight is 416 g/mol. The summed E-state index contributed by atoms with van der Waals surface area (Å²) in [6.45, 7) is 9.69.